The van der Waals surface area contributed by atoms with Crippen LogP contribution in [-0.4, -0.2) is 38.8 Å². The average Bonchev–Trinajstić information content (AvgIpc) is 3.05. The number of anilines is 1. The van der Waals surface area contributed by atoms with Crippen LogP contribution in [0.15, 0.2) is 6.20 Å². The topological polar surface area (TPSA) is 37.4 Å². The number of nitrogens with one attached hydrogen (secondary N) is 1. The van der Waals surface area contributed by atoms with Gasteiger partial charge in [0.1, 0.15) is 0 Å². The number of methoxy groups -OCH3 is 1. The lowest BCUT2D eigenvalue weighted by Gasteiger charge is -2.19. The van der Waals surface area contributed by atoms with Crippen molar-refractivity contribution in [3.63, 3.8) is 0 Å². The smallest absolute Gasteiger partial charge is 0.185 e. The van der Waals surface area contributed by atoms with E-state index in [1.807, 2.05) is 6.20 Å². The normalized spacial score (nSPS) is 16.1. The lowest BCUT2D eigenvalue weighted by molar-refractivity contribution is 0.199. The molecule has 1 aliphatic rings. The predicted molar refractivity (Wildman–Crippen MR) is 80.9 cm³/mol. The molecule has 0 saturated heterocycles. The van der Waals surface area contributed by atoms with Gasteiger partial charge in [-0.3, -0.25) is 0 Å². The SMILES string of the molecule is COCCNCc1cnc(N(C)CC2CCCC2)s1. The largest absolute Gasteiger partial charge is 0.383 e. The van der Waals surface area contributed by atoms with Crippen LogP contribution in [-0.2, 0) is 11.3 Å². The molecule has 5 heteroatoms. The van der Waals surface area contributed by atoms with E-state index in [0.29, 0.717) is 0 Å². The molecule has 0 aliphatic heterocycles. The summed E-state index contributed by atoms with van der Waals surface area (Å²) in [6, 6.07) is 0. The van der Waals surface area contributed by atoms with Crippen molar-refractivity contribution >= 4 is 16.5 Å². The fourth-order valence-electron chi connectivity index (χ4n) is 2.60. The zero-order valence-corrected chi connectivity index (χ0v) is 12.8. The van der Waals surface area contributed by atoms with Crippen molar-refractivity contribution in [3.05, 3.63) is 11.1 Å². The molecule has 19 heavy (non-hydrogen) atoms. The lowest BCUT2D eigenvalue weighted by atomic mass is 10.1. The molecule has 1 heterocycles. The van der Waals surface area contributed by atoms with Crippen LogP contribution >= 0.6 is 11.3 Å². The van der Waals surface area contributed by atoms with E-state index in [2.05, 4.69) is 22.2 Å². The maximum absolute atomic E-state index is 5.01. The van der Waals surface area contributed by atoms with Gasteiger partial charge in [0, 0.05) is 44.9 Å². The molecule has 0 atom stereocenters. The standard InChI is InChI=1S/C14H25N3OS/c1-17(11-12-5-3-4-6-12)14-16-10-13(19-14)9-15-7-8-18-2/h10,12,15H,3-9,11H2,1-2H3. The third-order valence-electron chi connectivity index (χ3n) is 3.66. The average molecular weight is 283 g/mol. The van der Waals surface area contributed by atoms with Crippen molar-refractivity contribution < 1.29 is 4.74 Å². The van der Waals surface area contributed by atoms with E-state index in [-0.39, 0.29) is 0 Å². The Bertz CT molecular complexity index is 363. The molecule has 1 saturated carbocycles. The molecular formula is C14H25N3OS. The monoisotopic (exact) mass is 283 g/mol. The first kappa shape index (κ1) is 14.8. The molecule has 1 aromatic heterocycles. The van der Waals surface area contributed by atoms with Crippen LogP contribution in [0.2, 0.25) is 0 Å². The minimum Gasteiger partial charge on any atom is -0.383 e. The van der Waals surface area contributed by atoms with Gasteiger partial charge in [-0.1, -0.05) is 12.8 Å². The highest BCUT2D eigenvalue weighted by atomic mass is 32.1. The number of nitrogens with zero attached hydrogens (tertiary/aromatic N) is 2. The number of hydrogen-bond donors (Lipinski definition) is 1. The van der Waals surface area contributed by atoms with E-state index in [1.54, 1.807) is 18.4 Å². The van der Waals surface area contributed by atoms with Crippen molar-refractivity contribution in [3.8, 4) is 0 Å². The third-order valence-corrected chi connectivity index (χ3v) is 4.77. The number of aromatic nitrogens is 1. The summed E-state index contributed by atoms with van der Waals surface area (Å²) >= 11 is 1.79. The summed E-state index contributed by atoms with van der Waals surface area (Å²) in [6.07, 6.45) is 7.59. The maximum atomic E-state index is 5.01. The van der Waals surface area contributed by atoms with Gasteiger partial charge < -0.3 is 15.0 Å². The van der Waals surface area contributed by atoms with E-state index < -0.39 is 0 Å². The predicted octanol–water partition coefficient (Wildman–Crippen LogP) is 2.51. The summed E-state index contributed by atoms with van der Waals surface area (Å²) in [5, 5.41) is 4.50. The zero-order valence-electron chi connectivity index (χ0n) is 12.0. The molecule has 1 aromatic rings. The van der Waals surface area contributed by atoms with Crippen molar-refractivity contribution in [2.45, 2.75) is 32.2 Å². The van der Waals surface area contributed by atoms with Gasteiger partial charge in [0.15, 0.2) is 5.13 Å². The Morgan fingerprint density at radius 2 is 2.26 bits per heavy atom. The van der Waals surface area contributed by atoms with E-state index in [9.17, 15) is 0 Å². The van der Waals surface area contributed by atoms with E-state index >= 15 is 0 Å². The highest BCUT2D eigenvalue weighted by molar-refractivity contribution is 7.15. The van der Waals surface area contributed by atoms with Crippen LogP contribution in [0.4, 0.5) is 5.13 Å². The molecule has 4 nitrogen and oxygen atoms in total. The van der Waals surface area contributed by atoms with Crippen molar-refractivity contribution in [2.24, 2.45) is 5.92 Å². The van der Waals surface area contributed by atoms with Gasteiger partial charge in [0.2, 0.25) is 0 Å². The summed E-state index contributed by atoms with van der Waals surface area (Å²) in [7, 11) is 3.89. The van der Waals surface area contributed by atoms with Crippen LogP contribution in [0.1, 0.15) is 30.6 Å². The van der Waals surface area contributed by atoms with Crippen molar-refractivity contribution in [1.29, 1.82) is 0 Å². The Kier molecular flexibility index (Phi) is 6.07. The first-order chi connectivity index (χ1) is 9.29. The van der Waals surface area contributed by atoms with Gasteiger partial charge in [-0.25, -0.2) is 4.98 Å². The Morgan fingerprint density at radius 3 is 3.00 bits per heavy atom. The number of hydrogen-bond acceptors (Lipinski definition) is 5. The second-order valence-electron chi connectivity index (χ2n) is 5.31. The molecule has 0 aromatic carbocycles. The molecule has 2 rings (SSSR count). The van der Waals surface area contributed by atoms with E-state index in [4.69, 9.17) is 4.74 Å². The molecule has 0 amide bonds. The molecule has 0 bridgehead atoms. The summed E-state index contributed by atoms with van der Waals surface area (Å²) in [6.45, 7) is 3.69. The number of thiazole rings is 1. The second-order valence-corrected chi connectivity index (χ2v) is 6.40. The van der Waals surface area contributed by atoms with Gasteiger partial charge in [0.05, 0.1) is 6.61 Å². The van der Waals surface area contributed by atoms with Crippen LogP contribution in [0, 0.1) is 5.92 Å². The summed E-state index contributed by atoms with van der Waals surface area (Å²) < 4.78 is 5.01. The first-order valence-electron chi connectivity index (χ1n) is 7.15. The van der Waals surface area contributed by atoms with Gasteiger partial charge in [-0.05, 0) is 18.8 Å². The summed E-state index contributed by atoms with van der Waals surface area (Å²) in [5.41, 5.74) is 0. The Hall–Kier alpha value is -0.650. The molecular weight excluding hydrogens is 258 g/mol. The minimum atomic E-state index is 0.757. The van der Waals surface area contributed by atoms with Crippen LogP contribution in [0.25, 0.3) is 0 Å². The van der Waals surface area contributed by atoms with Crippen LogP contribution in [0.5, 0.6) is 0 Å². The Morgan fingerprint density at radius 1 is 1.47 bits per heavy atom. The van der Waals surface area contributed by atoms with Gasteiger partial charge >= 0.3 is 0 Å². The highest BCUT2D eigenvalue weighted by Gasteiger charge is 2.18. The quantitative estimate of drug-likeness (QED) is 0.744. The molecule has 1 aliphatic carbocycles. The maximum Gasteiger partial charge on any atom is 0.185 e. The lowest BCUT2D eigenvalue weighted by Crippen LogP contribution is -2.23. The number of ether oxygens (including phenoxy) is 1. The Balaban J connectivity index is 1.75. The number of rotatable bonds is 8. The van der Waals surface area contributed by atoms with Crippen LogP contribution in [0.3, 0.4) is 0 Å². The summed E-state index contributed by atoms with van der Waals surface area (Å²) in [4.78, 5) is 8.14. The van der Waals surface area contributed by atoms with Gasteiger partial charge in [0.25, 0.3) is 0 Å². The van der Waals surface area contributed by atoms with Crippen molar-refractivity contribution in [1.82, 2.24) is 10.3 Å². The fourth-order valence-corrected chi connectivity index (χ4v) is 3.45. The zero-order chi connectivity index (χ0) is 13.5. The van der Waals surface area contributed by atoms with E-state index in [1.165, 1.54) is 30.6 Å². The summed E-state index contributed by atoms with van der Waals surface area (Å²) in [5.74, 6) is 0.872. The van der Waals surface area contributed by atoms with Crippen LogP contribution < -0.4 is 10.2 Å². The third kappa shape index (κ3) is 4.75. The molecule has 1 fully saturated rings. The Labute approximate surface area is 120 Å². The molecule has 0 unspecified atom stereocenters. The van der Waals surface area contributed by atoms with E-state index in [0.717, 1.165) is 37.3 Å². The molecule has 108 valence electrons. The van der Waals surface area contributed by atoms with Gasteiger partial charge in [-0.2, -0.15) is 0 Å². The van der Waals surface area contributed by atoms with Gasteiger partial charge in [-0.15, -0.1) is 11.3 Å². The second kappa shape index (κ2) is 7.82. The first-order valence-corrected chi connectivity index (χ1v) is 7.96. The molecule has 1 N–H and O–H groups in total. The molecule has 0 spiro atoms. The van der Waals surface area contributed by atoms with Crippen molar-refractivity contribution in [2.75, 3.05) is 38.8 Å². The fraction of sp³-hybridized carbons (Fsp3) is 0.786. The minimum absolute atomic E-state index is 0.757. The molecule has 0 radical (unpaired) electrons. The highest BCUT2D eigenvalue weighted by Crippen LogP contribution is 2.28.